The Kier molecular flexibility index (Phi) is 3.24. The first-order chi connectivity index (χ1) is 8.29. The molecular weight excluding hydrogens is 244 g/mol. The lowest BCUT2D eigenvalue weighted by atomic mass is 9.93. The third-order valence-electron chi connectivity index (χ3n) is 3.01. The number of hydrogen-bond donors (Lipinski definition) is 0. The van der Waals surface area contributed by atoms with Crippen molar-refractivity contribution in [3.63, 3.8) is 0 Å². The standard InChI is InChI=1S/C15H19ClN2/c1-10-6-7-12(11(2)8-10)18-14(16)9-13(17-18)15(3,4)5/h6-9H,1-5H3. The van der Waals surface area contributed by atoms with Crippen molar-refractivity contribution in [1.29, 1.82) is 0 Å². The van der Waals surface area contributed by atoms with Gasteiger partial charge in [0.2, 0.25) is 0 Å². The smallest absolute Gasteiger partial charge is 0.133 e. The summed E-state index contributed by atoms with van der Waals surface area (Å²) in [7, 11) is 0. The lowest BCUT2D eigenvalue weighted by Gasteiger charge is -2.14. The van der Waals surface area contributed by atoms with E-state index in [9.17, 15) is 0 Å². The molecular formula is C15H19ClN2. The fraction of sp³-hybridized carbons (Fsp3) is 0.400. The summed E-state index contributed by atoms with van der Waals surface area (Å²) in [5, 5.41) is 5.29. The fourth-order valence-electron chi connectivity index (χ4n) is 1.94. The van der Waals surface area contributed by atoms with Crippen LogP contribution < -0.4 is 0 Å². The Bertz CT molecular complexity index is 577. The zero-order chi connectivity index (χ0) is 13.5. The second kappa shape index (κ2) is 4.43. The van der Waals surface area contributed by atoms with Crippen molar-refractivity contribution in [2.75, 3.05) is 0 Å². The van der Waals surface area contributed by atoms with Crippen LogP contribution in [-0.2, 0) is 5.41 Å². The molecule has 3 heteroatoms. The van der Waals surface area contributed by atoms with E-state index in [1.807, 2.05) is 10.7 Å². The van der Waals surface area contributed by atoms with E-state index in [2.05, 4.69) is 57.9 Å². The molecule has 0 fully saturated rings. The molecule has 0 radical (unpaired) electrons. The average Bonchev–Trinajstić information content (AvgIpc) is 2.60. The molecule has 18 heavy (non-hydrogen) atoms. The van der Waals surface area contributed by atoms with Crippen molar-refractivity contribution in [3.8, 4) is 5.69 Å². The van der Waals surface area contributed by atoms with Gasteiger partial charge >= 0.3 is 0 Å². The van der Waals surface area contributed by atoms with Crippen LogP contribution in [0.4, 0.5) is 0 Å². The molecule has 0 aliphatic rings. The van der Waals surface area contributed by atoms with Crippen LogP contribution in [0.1, 0.15) is 37.6 Å². The lowest BCUT2D eigenvalue weighted by molar-refractivity contribution is 0.560. The van der Waals surface area contributed by atoms with E-state index in [4.69, 9.17) is 11.6 Å². The maximum atomic E-state index is 6.30. The van der Waals surface area contributed by atoms with E-state index >= 15 is 0 Å². The summed E-state index contributed by atoms with van der Waals surface area (Å²) in [6.07, 6.45) is 0. The summed E-state index contributed by atoms with van der Waals surface area (Å²) in [6.45, 7) is 10.6. The molecule has 0 saturated carbocycles. The molecule has 0 aliphatic carbocycles. The van der Waals surface area contributed by atoms with E-state index in [1.165, 1.54) is 11.1 Å². The first kappa shape index (κ1) is 13.2. The van der Waals surface area contributed by atoms with E-state index in [0.29, 0.717) is 5.15 Å². The van der Waals surface area contributed by atoms with Gasteiger partial charge in [0.25, 0.3) is 0 Å². The van der Waals surface area contributed by atoms with Crippen molar-refractivity contribution in [2.45, 2.75) is 40.0 Å². The third kappa shape index (κ3) is 2.44. The zero-order valence-electron chi connectivity index (χ0n) is 11.6. The Morgan fingerprint density at radius 2 is 1.78 bits per heavy atom. The van der Waals surface area contributed by atoms with Gasteiger partial charge in [-0.1, -0.05) is 50.1 Å². The summed E-state index contributed by atoms with van der Waals surface area (Å²) in [6, 6.07) is 8.23. The molecule has 1 aromatic carbocycles. The quantitative estimate of drug-likeness (QED) is 0.743. The molecule has 0 spiro atoms. The summed E-state index contributed by atoms with van der Waals surface area (Å²) in [4.78, 5) is 0. The lowest BCUT2D eigenvalue weighted by Crippen LogP contribution is -2.12. The Morgan fingerprint density at radius 1 is 1.11 bits per heavy atom. The number of aromatic nitrogens is 2. The van der Waals surface area contributed by atoms with Gasteiger partial charge in [-0.15, -0.1) is 0 Å². The molecule has 0 N–H and O–H groups in total. The van der Waals surface area contributed by atoms with Crippen LogP contribution in [0.3, 0.4) is 0 Å². The second-order valence-electron chi connectivity index (χ2n) is 5.80. The minimum atomic E-state index is 0.00743. The van der Waals surface area contributed by atoms with Gasteiger partial charge in [0.1, 0.15) is 5.15 Å². The van der Waals surface area contributed by atoms with Gasteiger partial charge in [-0.2, -0.15) is 5.10 Å². The maximum Gasteiger partial charge on any atom is 0.133 e. The Morgan fingerprint density at radius 3 is 2.28 bits per heavy atom. The molecule has 0 bridgehead atoms. The number of hydrogen-bond acceptors (Lipinski definition) is 1. The molecule has 0 aliphatic heterocycles. The van der Waals surface area contributed by atoms with Crippen LogP contribution >= 0.6 is 11.6 Å². The normalized spacial score (nSPS) is 11.9. The Labute approximate surface area is 114 Å². The molecule has 1 heterocycles. The van der Waals surface area contributed by atoms with Crippen LogP contribution in [-0.4, -0.2) is 9.78 Å². The molecule has 2 nitrogen and oxygen atoms in total. The van der Waals surface area contributed by atoms with E-state index in [1.54, 1.807) is 0 Å². The zero-order valence-corrected chi connectivity index (χ0v) is 12.3. The van der Waals surface area contributed by atoms with Crippen LogP contribution in [0.5, 0.6) is 0 Å². The van der Waals surface area contributed by atoms with Crippen LogP contribution in [0.25, 0.3) is 5.69 Å². The Balaban J connectivity index is 2.55. The predicted molar refractivity (Wildman–Crippen MR) is 76.7 cm³/mol. The highest BCUT2D eigenvalue weighted by Crippen LogP contribution is 2.27. The summed E-state index contributed by atoms with van der Waals surface area (Å²) >= 11 is 6.30. The predicted octanol–water partition coefficient (Wildman–Crippen LogP) is 4.44. The van der Waals surface area contributed by atoms with Gasteiger partial charge in [-0.05, 0) is 31.5 Å². The third-order valence-corrected chi connectivity index (χ3v) is 3.28. The number of rotatable bonds is 1. The summed E-state index contributed by atoms with van der Waals surface area (Å²) in [5.74, 6) is 0. The van der Waals surface area contributed by atoms with Crippen LogP contribution in [0, 0.1) is 13.8 Å². The number of benzene rings is 1. The molecule has 2 aromatic rings. The molecule has 96 valence electrons. The van der Waals surface area contributed by atoms with Gasteiger partial charge in [0.05, 0.1) is 11.4 Å². The minimum absolute atomic E-state index is 0.00743. The van der Waals surface area contributed by atoms with E-state index < -0.39 is 0 Å². The number of halogens is 1. The monoisotopic (exact) mass is 262 g/mol. The summed E-state index contributed by atoms with van der Waals surface area (Å²) in [5.41, 5.74) is 4.48. The van der Waals surface area contributed by atoms with Crippen molar-refractivity contribution in [3.05, 3.63) is 46.2 Å². The van der Waals surface area contributed by atoms with Crippen molar-refractivity contribution in [2.24, 2.45) is 0 Å². The van der Waals surface area contributed by atoms with Crippen LogP contribution in [0.2, 0.25) is 5.15 Å². The minimum Gasteiger partial charge on any atom is -0.222 e. The SMILES string of the molecule is Cc1ccc(-n2nc(C(C)(C)C)cc2Cl)c(C)c1. The van der Waals surface area contributed by atoms with Gasteiger partial charge in [0.15, 0.2) is 0 Å². The molecule has 0 unspecified atom stereocenters. The highest BCUT2D eigenvalue weighted by Gasteiger charge is 2.20. The topological polar surface area (TPSA) is 17.8 Å². The second-order valence-corrected chi connectivity index (χ2v) is 6.19. The fourth-order valence-corrected chi connectivity index (χ4v) is 2.17. The number of nitrogens with zero attached hydrogens (tertiary/aromatic N) is 2. The summed E-state index contributed by atoms with van der Waals surface area (Å²) < 4.78 is 1.82. The molecule has 0 amide bonds. The van der Waals surface area contributed by atoms with Crippen LogP contribution in [0.15, 0.2) is 24.3 Å². The van der Waals surface area contributed by atoms with E-state index in [0.717, 1.165) is 11.4 Å². The first-order valence-corrected chi connectivity index (χ1v) is 6.50. The van der Waals surface area contributed by atoms with E-state index in [-0.39, 0.29) is 5.41 Å². The highest BCUT2D eigenvalue weighted by atomic mass is 35.5. The molecule has 0 saturated heterocycles. The van der Waals surface area contributed by atoms with Crippen molar-refractivity contribution in [1.82, 2.24) is 9.78 Å². The average molecular weight is 263 g/mol. The van der Waals surface area contributed by atoms with Gasteiger partial charge in [-0.3, -0.25) is 0 Å². The molecule has 0 atom stereocenters. The largest absolute Gasteiger partial charge is 0.222 e. The van der Waals surface area contributed by atoms with Gasteiger partial charge in [-0.25, -0.2) is 4.68 Å². The highest BCUT2D eigenvalue weighted by molar-refractivity contribution is 6.29. The van der Waals surface area contributed by atoms with Crippen molar-refractivity contribution >= 4 is 11.6 Å². The Hall–Kier alpha value is -1.28. The number of aryl methyl sites for hydroxylation is 2. The molecule has 1 aromatic heterocycles. The van der Waals surface area contributed by atoms with Gasteiger partial charge < -0.3 is 0 Å². The first-order valence-electron chi connectivity index (χ1n) is 6.13. The molecule has 2 rings (SSSR count). The maximum absolute atomic E-state index is 6.30. The van der Waals surface area contributed by atoms with Gasteiger partial charge in [0, 0.05) is 5.41 Å². The van der Waals surface area contributed by atoms with Crippen molar-refractivity contribution < 1.29 is 0 Å².